The van der Waals surface area contributed by atoms with Crippen LogP contribution in [-0.4, -0.2) is 11.5 Å². The van der Waals surface area contributed by atoms with E-state index in [1.165, 1.54) is 43.2 Å². The zero-order valence-corrected chi connectivity index (χ0v) is 12.4. The molecule has 0 radical (unpaired) electrons. The van der Waals surface area contributed by atoms with E-state index in [0.29, 0.717) is 0 Å². The van der Waals surface area contributed by atoms with Crippen LogP contribution in [0.4, 0.5) is 5.69 Å². The number of rotatable bonds is 7. The molecule has 1 N–H and O–H groups in total. The molecule has 0 saturated carbocycles. The average molecular weight is 279 g/mol. The van der Waals surface area contributed by atoms with Crippen molar-refractivity contribution in [2.75, 3.05) is 11.9 Å². The highest BCUT2D eigenvalue weighted by molar-refractivity contribution is 5.90. The molecular weight excluding hydrogens is 256 g/mol. The minimum absolute atomic E-state index is 0. The lowest BCUT2D eigenvalue weighted by Crippen LogP contribution is -2.02. The minimum Gasteiger partial charge on any atom is -0.384 e. The quantitative estimate of drug-likeness (QED) is 0.718. The first-order valence-corrected chi connectivity index (χ1v) is 6.99. The van der Waals surface area contributed by atoms with E-state index in [0.717, 1.165) is 12.1 Å². The summed E-state index contributed by atoms with van der Waals surface area (Å²) in [4.78, 5) is 4.37. The van der Waals surface area contributed by atoms with Crippen molar-refractivity contribution in [2.45, 2.75) is 39.0 Å². The monoisotopic (exact) mass is 278 g/mol. The van der Waals surface area contributed by atoms with Crippen molar-refractivity contribution in [3.63, 3.8) is 0 Å². The van der Waals surface area contributed by atoms with Crippen LogP contribution in [0, 0.1) is 0 Å². The van der Waals surface area contributed by atoms with Gasteiger partial charge in [0.25, 0.3) is 0 Å². The van der Waals surface area contributed by atoms with Crippen LogP contribution in [0.3, 0.4) is 0 Å². The summed E-state index contributed by atoms with van der Waals surface area (Å²) < 4.78 is 0. The second kappa shape index (κ2) is 8.76. The third-order valence-corrected chi connectivity index (χ3v) is 3.24. The summed E-state index contributed by atoms with van der Waals surface area (Å²) in [7, 11) is 0. The van der Waals surface area contributed by atoms with Crippen molar-refractivity contribution in [3.8, 4) is 0 Å². The van der Waals surface area contributed by atoms with Crippen LogP contribution in [-0.2, 0) is 0 Å². The SMILES string of the molecule is CCCCCCCNc1ccnc2ccccc12.Cl. The zero-order valence-electron chi connectivity index (χ0n) is 11.6. The van der Waals surface area contributed by atoms with Crippen molar-refractivity contribution >= 4 is 29.0 Å². The average Bonchev–Trinajstić information content (AvgIpc) is 2.43. The van der Waals surface area contributed by atoms with Gasteiger partial charge in [-0.3, -0.25) is 4.98 Å². The second-order valence-electron chi connectivity index (χ2n) is 4.72. The Hall–Kier alpha value is -1.28. The molecule has 1 aromatic heterocycles. The summed E-state index contributed by atoms with van der Waals surface area (Å²) in [5.41, 5.74) is 2.27. The van der Waals surface area contributed by atoms with E-state index in [2.05, 4.69) is 41.5 Å². The van der Waals surface area contributed by atoms with Gasteiger partial charge in [-0.25, -0.2) is 0 Å². The molecule has 0 saturated heterocycles. The highest BCUT2D eigenvalue weighted by atomic mass is 35.5. The maximum atomic E-state index is 4.37. The first kappa shape index (κ1) is 15.8. The lowest BCUT2D eigenvalue weighted by molar-refractivity contribution is 0.645. The fourth-order valence-electron chi connectivity index (χ4n) is 2.20. The third-order valence-electron chi connectivity index (χ3n) is 3.24. The fraction of sp³-hybridized carbons (Fsp3) is 0.438. The standard InChI is InChI=1S/C16H22N2.ClH/c1-2-3-4-5-8-12-17-16-11-13-18-15-10-7-6-9-14(15)16;/h6-7,9-11,13H,2-5,8,12H2,1H3,(H,17,18);1H. The van der Waals surface area contributed by atoms with Gasteiger partial charge in [0.15, 0.2) is 0 Å². The van der Waals surface area contributed by atoms with E-state index in [1.807, 2.05) is 12.3 Å². The molecule has 0 aliphatic heterocycles. The molecule has 1 heterocycles. The zero-order chi connectivity index (χ0) is 12.6. The second-order valence-corrected chi connectivity index (χ2v) is 4.72. The molecule has 0 bridgehead atoms. The van der Waals surface area contributed by atoms with Crippen LogP contribution < -0.4 is 5.32 Å². The van der Waals surface area contributed by atoms with E-state index >= 15 is 0 Å². The lowest BCUT2D eigenvalue weighted by atomic mass is 10.1. The predicted molar refractivity (Wildman–Crippen MR) is 86.2 cm³/mol. The molecule has 0 unspecified atom stereocenters. The topological polar surface area (TPSA) is 24.9 Å². The van der Waals surface area contributed by atoms with Gasteiger partial charge in [-0.15, -0.1) is 12.4 Å². The number of aromatic nitrogens is 1. The molecule has 2 aromatic rings. The van der Waals surface area contributed by atoms with E-state index in [9.17, 15) is 0 Å². The van der Waals surface area contributed by atoms with Gasteiger partial charge in [0.2, 0.25) is 0 Å². The van der Waals surface area contributed by atoms with Crippen molar-refractivity contribution in [1.82, 2.24) is 4.98 Å². The van der Waals surface area contributed by atoms with Gasteiger partial charge < -0.3 is 5.32 Å². The third kappa shape index (κ3) is 4.71. The minimum atomic E-state index is 0. The summed E-state index contributed by atoms with van der Waals surface area (Å²) >= 11 is 0. The largest absolute Gasteiger partial charge is 0.384 e. The van der Waals surface area contributed by atoms with Crippen LogP contribution in [0.1, 0.15) is 39.0 Å². The maximum Gasteiger partial charge on any atom is 0.0722 e. The van der Waals surface area contributed by atoms with Crippen molar-refractivity contribution in [1.29, 1.82) is 0 Å². The van der Waals surface area contributed by atoms with Gasteiger partial charge in [-0.05, 0) is 18.6 Å². The summed E-state index contributed by atoms with van der Waals surface area (Å²) in [5.74, 6) is 0. The van der Waals surface area contributed by atoms with E-state index in [4.69, 9.17) is 0 Å². The molecule has 0 aliphatic carbocycles. The Balaban J connectivity index is 0.00000180. The lowest BCUT2D eigenvalue weighted by Gasteiger charge is -2.09. The number of unbranched alkanes of at least 4 members (excludes halogenated alkanes) is 4. The van der Waals surface area contributed by atoms with Gasteiger partial charge >= 0.3 is 0 Å². The van der Waals surface area contributed by atoms with E-state index in [-0.39, 0.29) is 12.4 Å². The van der Waals surface area contributed by atoms with Crippen molar-refractivity contribution in [2.24, 2.45) is 0 Å². The van der Waals surface area contributed by atoms with Gasteiger partial charge in [0.1, 0.15) is 0 Å². The normalized spacial score (nSPS) is 10.2. The number of anilines is 1. The Morgan fingerprint density at radius 1 is 1.00 bits per heavy atom. The molecule has 104 valence electrons. The Bertz CT molecular complexity index is 480. The van der Waals surface area contributed by atoms with Crippen LogP contribution >= 0.6 is 12.4 Å². The van der Waals surface area contributed by atoms with Gasteiger partial charge in [0.05, 0.1) is 5.52 Å². The van der Waals surface area contributed by atoms with Crippen LogP contribution in [0.25, 0.3) is 10.9 Å². The Morgan fingerprint density at radius 2 is 1.79 bits per heavy atom. The molecule has 19 heavy (non-hydrogen) atoms. The molecule has 0 fully saturated rings. The maximum absolute atomic E-state index is 4.37. The number of nitrogens with zero attached hydrogens (tertiary/aromatic N) is 1. The van der Waals surface area contributed by atoms with Gasteiger partial charge in [-0.1, -0.05) is 50.8 Å². The van der Waals surface area contributed by atoms with E-state index < -0.39 is 0 Å². The van der Waals surface area contributed by atoms with Crippen LogP contribution in [0.5, 0.6) is 0 Å². The molecule has 0 aliphatic rings. The summed E-state index contributed by atoms with van der Waals surface area (Å²) in [5, 5.41) is 4.74. The molecule has 0 atom stereocenters. The first-order chi connectivity index (χ1) is 8.92. The van der Waals surface area contributed by atoms with Crippen LogP contribution in [0.15, 0.2) is 36.5 Å². The fourth-order valence-corrected chi connectivity index (χ4v) is 2.20. The molecule has 0 amide bonds. The number of hydrogen-bond donors (Lipinski definition) is 1. The first-order valence-electron chi connectivity index (χ1n) is 6.99. The predicted octanol–water partition coefficient (Wildman–Crippen LogP) is 5.04. The molecule has 3 heteroatoms. The highest BCUT2D eigenvalue weighted by Crippen LogP contribution is 2.20. The number of para-hydroxylation sites is 1. The number of halogens is 1. The molecule has 0 spiro atoms. The smallest absolute Gasteiger partial charge is 0.0722 e. The van der Waals surface area contributed by atoms with Gasteiger partial charge in [0, 0.05) is 23.8 Å². The highest BCUT2D eigenvalue weighted by Gasteiger charge is 1.99. The number of pyridine rings is 1. The van der Waals surface area contributed by atoms with Crippen molar-refractivity contribution < 1.29 is 0 Å². The number of hydrogen-bond acceptors (Lipinski definition) is 2. The molecule has 1 aromatic carbocycles. The van der Waals surface area contributed by atoms with Gasteiger partial charge in [-0.2, -0.15) is 0 Å². The summed E-state index contributed by atoms with van der Waals surface area (Å²) in [6, 6.07) is 10.3. The van der Waals surface area contributed by atoms with E-state index in [1.54, 1.807) is 0 Å². The number of benzene rings is 1. The Morgan fingerprint density at radius 3 is 2.63 bits per heavy atom. The molecule has 2 nitrogen and oxygen atoms in total. The Kier molecular flexibility index (Phi) is 7.27. The summed E-state index contributed by atoms with van der Waals surface area (Å²) in [6.45, 7) is 3.30. The van der Waals surface area contributed by atoms with Crippen molar-refractivity contribution in [3.05, 3.63) is 36.5 Å². The van der Waals surface area contributed by atoms with Crippen LogP contribution in [0.2, 0.25) is 0 Å². The molecular formula is C16H23ClN2. The number of nitrogens with one attached hydrogen (secondary N) is 1. The number of fused-ring (bicyclic) bond motifs is 1. The molecule has 2 rings (SSSR count). The Labute approximate surface area is 122 Å². The summed E-state index contributed by atoms with van der Waals surface area (Å²) in [6.07, 6.45) is 8.47.